The molecule has 0 heterocycles. The average Bonchev–Trinajstić information content (AvgIpc) is 2.57. The molecule has 0 fully saturated rings. The second-order valence-corrected chi connectivity index (χ2v) is 6.92. The first-order valence-electron chi connectivity index (χ1n) is 10.3. The Labute approximate surface area is 147 Å². The fourth-order valence-corrected chi connectivity index (χ4v) is 2.72. The highest BCUT2D eigenvalue weighted by atomic mass is 14.0. The van der Waals surface area contributed by atoms with Crippen LogP contribution < -0.4 is 0 Å². The van der Waals surface area contributed by atoms with E-state index >= 15 is 0 Å². The minimum atomic E-state index is 1.26. The molecule has 0 aliphatic rings. The van der Waals surface area contributed by atoms with Crippen molar-refractivity contribution < 1.29 is 0 Å². The van der Waals surface area contributed by atoms with Gasteiger partial charge in [0.15, 0.2) is 0 Å². The van der Waals surface area contributed by atoms with Crippen molar-refractivity contribution in [3.8, 4) is 0 Å². The first-order valence-corrected chi connectivity index (χ1v) is 10.3. The smallest absolute Gasteiger partial charge is 0.0279 e. The Morgan fingerprint density at radius 3 is 1.35 bits per heavy atom. The summed E-state index contributed by atoms with van der Waals surface area (Å²) in [6.07, 6.45) is 18.1. The van der Waals surface area contributed by atoms with Gasteiger partial charge in [0, 0.05) is 0 Å². The summed E-state index contributed by atoms with van der Waals surface area (Å²) in [4.78, 5) is 0. The van der Waals surface area contributed by atoms with Crippen molar-refractivity contribution in [3.05, 3.63) is 35.4 Å². The van der Waals surface area contributed by atoms with Gasteiger partial charge in [0.2, 0.25) is 0 Å². The topological polar surface area (TPSA) is 0 Å². The maximum absolute atomic E-state index is 2.27. The minimum Gasteiger partial charge on any atom is -0.0654 e. The van der Waals surface area contributed by atoms with Crippen LogP contribution in [-0.4, -0.2) is 0 Å². The van der Waals surface area contributed by atoms with E-state index in [1.54, 1.807) is 0 Å². The zero-order chi connectivity index (χ0) is 17.2. The largest absolute Gasteiger partial charge is 0.0654 e. The van der Waals surface area contributed by atoms with Gasteiger partial charge < -0.3 is 0 Å². The van der Waals surface area contributed by atoms with Gasteiger partial charge in [-0.05, 0) is 25.3 Å². The molecule has 0 amide bonds. The van der Waals surface area contributed by atoms with Gasteiger partial charge in [-0.15, -0.1) is 0 Å². The molecule has 23 heavy (non-hydrogen) atoms. The maximum atomic E-state index is 2.27. The number of hydrogen-bond acceptors (Lipinski definition) is 0. The van der Waals surface area contributed by atoms with Crippen molar-refractivity contribution in [1.82, 2.24) is 0 Å². The molecule has 0 bridgehead atoms. The fourth-order valence-electron chi connectivity index (χ4n) is 2.72. The predicted octanol–water partition coefficient (Wildman–Crippen LogP) is 8.26. The third-order valence-electron chi connectivity index (χ3n) is 4.40. The zero-order valence-electron chi connectivity index (χ0n) is 16.5. The number of aryl methyl sites for hydroxylation is 2. The van der Waals surface area contributed by atoms with Gasteiger partial charge in [-0.1, -0.05) is 121 Å². The van der Waals surface area contributed by atoms with Crippen molar-refractivity contribution in [3.63, 3.8) is 0 Å². The average molecular weight is 319 g/mol. The number of unbranched alkanes of at least 4 members (excludes halogenated alkanes) is 10. The van der Waals surface area contributed by atoms with E-state index in [1.165, 1.54) is 94.6 Å². The van der Waals surface area contributed by atoms with Crippen LogP contribution in [0, 0.1) is 6.92 Å². The summed E-state index contributed by atoms with van der Waals surface area (Å²) in [5.41, 5.74) is 2.86. The summed E-state index contributed by atoms with van der Waals surface area (Å²) in [7, 11) is 0. The Bertz CT molecular complexity index is 316. The van der Waals surface area contributed by atoms with Gasteiger partial charge in [0.05, 0.1) is 0 Å². The maximum Gasteiger partial charge on any atom is -0.0279 e. The highest BCUT2D eigenvalue weighted by Gasteiger charge is 1.93. The monoisotopic (exact) mass is 318 g/mol. The summed E-state index contributed by atoms with van der Waals surface area (Å²) in [6, 6.07) is 8.96. The third kappa shape index (κ3) is 15.9. The molecule has 0 nitrogen and oxygen atoms in total. The third-order valence-corrected chi connectivity index (χ3v) is 4.40. The van der Waals surface area contributed by atoms with Crippen LogP contribution in [0.5, 0.6) is 0 Å². The normalized spacial score (nSPS) is 10.3. The Morgan fingerprint density at radius 2 is 0.913 bits per heavy atom. The molecule has 0 aliphatic carbocycles. The SMILES string of the molecule is CCCCCCCC.CCCCCCCCc1ccc(C)cc1. The Balaban J connectivity index is 0.000000515. The van der Waals surface area contributed by atoms with E-state index in [0.29, 0.717) is 0 Å². The Kier molecular flexibility index (Phi) is 17.0. The molecule has 0 heteroatoms. The molecular formula is C23H42. The van der Waals surface area contributed by atoms with E-state index < -0.39 is 0 Å². The molecule has 0 spiro atoms. The van der Waals surface area contributed by atoms with Gasteiger partial charge in [0.1, 0.15) is 0 Å². The number of hydrogen-bond donors (Lipinski definition) is 0. The molecule has 0 saturated carbocycles. The Hall–Kier alpha value is -0.780. The lowest BCUT2D eigenvalue weighted by molar-refractivity contribution is 0.607. The lowest BCUT2D eigenvalue weighted by Crippen LogP contribution is -1.86. The van der Waals surface area contributed by atoms with E-state index in [4.69, 9.17) is 0 Å². The molecule has 0 aliphatic heterocycles. The van der Waals surface area contributed by atoms with Crippen molar-refractivity contribution in [2.24, 2.45) is 0 Å². The summed E-state index contributed by atoms with van der Waals surface area (Å²) >= 11 is 0. The van der Waals surface area contributed by atoms with E-state index in [0.717, 1.165) is 0 Å². The van der Waals surface area contributed by atoms with Crippen LogP contribution in [0.1, 0.15) is 109 Å². The molecule has 1 rings (SSSR count). The summed E-state index contributed by atoms with van der Waals surface area (Å²) < 4.78 is 0. The predicted molar refractivity (Wildman–Crippen MR) is 107 cm³/mol. The number of rotatable bonds is 12. The van der Waals surface area contributed by atoms with Crippen molar-refractivity contribution in [2.75, 3.05) is 0 Å². The van der Waals surface area contributed by atoms with Crippen LogP contribution in [0.2, 0.25) is 0 Å². The molecule has 0 aromatic heterocycles. The second-order valence-electron chi connectivity index (χ2n) is 6.92. The van der Waals surface area contributed by atoms with E-state index in [2.05, 4.69) is 52.0 Å². The molecule has 1 aromatic rings. The van der Waals surface area contributed by atoms with Crippen LogP contribution in [-0.2, 0) is 6.42 Å². The van der Waals surface area contributed by atoms with Crippen molar-refractivity contribution >= 4 is 0 Å². The Morgan fingerprint density at radius 1 is 0.522 bits per heavy atom. The van der Waals surface area contributed by atoms with Crippen LogP contribution >= 0.6 is 0 Å². The van der Waals surface area contributed by atoms with Crippen LogP contribution in [0.15, 0.2) is 24.3 Å². The molecule has 0 N–H and O–H groups in total. The quantitative estimate of drug-likeness (QED) is 0.340. The van der Waals surface area contributed by atoms with Crippen molar-refractivity contribution in [1.29, 1.82) is 0 Å². The summed E-state index contributed by atoms with van der Waals surface area (Å²) in [6.45, 7) is 8.93. The molecule has 0 radical (unpaired) electrons. The number of benzene rings is 1. The van der Waals surface area contributed by atoms with E-state index in [-0.39, 0.29) is 0 Å². The molecule has 0 unspecified atom stereocenters. The first-order chi connectivity index (χ1) is 11.2. The zero-order valence-corrected chi connectivity index (χ0v) is 16.5. The van der Waals surface area contributed by atoms with E-state index in [1.807, 2.05) is 0 Å². The molecule has 1 aromatic carbocycles. The van der Waals surface area contributed by atoms with Gasteiger partial charge in [-0.25, -0.2) is 0 Å². The molecular weight excluding hydrogens is 276 g/mol. The molecule has 134 valence electrons. The minimum absolute atomic E-state index is 1.26. The first kappa shape index (κ1) is 22.2. The van der Waals surface area contributed by atoms with Gasteiger partial charge in [-0.3, -0.25) is 0 Å². The lowest BCUT2D eigenvalue weighted by atomic mass is 10.0. The highest BCUT2D eigenvalue weighted by Crippen LogP contribution is 2.10. The van der Waals surface area contributed by atoms with Crippen LogP contribution in [0.4, 0.5) is 0 Å². The lowest BCUT2D eigenvalue weighted by Gasteiger charge is -2.02. The summed E-state index contributed by atoms with van der Waals surface area (Å²) in [5, 5.41) is 0. The second kappa shape index (κ2) is 17.6. The van der Waals surface area contributed by atoms with Gasteiger partial charge in [0.25, 0.3) is 0 Å². The molecule has 0 saturated heterocycles. The fraction of sp³-hybridized carbons (Fsp3) is 0.739. The van der Waals surface area contributed by atoms with Crippen LogP contribution in [0.25, 0.3) is 0 Å². The van der Waals surface area contributed by atoms with Crippen LogP contribution in [0.3, 0.4) is 0 Å². The van der Waals surface area contributed by atoms with E-state index in [9.17, 15) is 0 Å². The van der Waals surface area contributed by atoms with Crippen molar-refractivity contribution in [2.45, 2.75) is 111 Å². The van der Waals surface area contributed by atoms with Gasteiger partial charge in [-0.2, -0.15) is 0 Å². The summed E-state index contributed by atoms with van der Waals surface area (Å²) in [5.74, 6) is 0. The highest BCUT2D eigenvalue weighted by molar-refractivity contribution is 5.21. The van der Waals surface area contributed by atoms with Gasteiger partial charge >= 0.3 is 0 Å². The standard InChI is InChI=1S/C15H24.C8H18/c1-3-4-5-6-7-8-9-15-12-10-14(2)11-13-15;1-3-5-7-8-6-4-2/h10-13H,3-9H2,1-2H3;3-8H2,1-2H3. The molecule has 0 atom stereocenters.